The summed E-state index contributed by atoms with van der Waals surface area (Å²) in [7, 11) is 5.54. The van der Waals surface area contributed by atoms with E-state index >= 15 is 0 Å². The van der Waals surface area contributed by atoms with E-state index in [0.29, 0.717) is 16.8 Å². The van der Waals surface area contributed by atoms with Gasteiger partial charge in [0.1, 0.15) is 5.75 Å². The van der Waals surface area contributed by atoms with Crippen molar-refractivity contribution in [1.29, 1.82) is 0 Å². The smallest absolute Gasteiger partial charge is 0.255 e. The molecule has 3 aromatic carbocycles. The lowest BCUT2D eigenvalue weighted by atomic mass is 10.0. The van der Waals surface area contributed by atoms with Crippen LogP contribution in [0, 0.1) is 0 Å². The van der Waals surface area contributed by atoms with Gasteiger partial charge in [-0.05, 0) is 41.5 Å². The van der Waals surface area contributed by atoms with E-state index in [2.05, 4.69) is 27.6 Å². The number of anilines is 1. The number of aliphatic hydroxyl groups excluding tert-OH is 1. The molecule has 0 aliphatic carbocycles. The Bertz CT molecular complexity index is 1290. The van der Waals surface area contributed by atoms with Gasteiger partial charge in [0.2, 0.25) is 0 Å². The van der Waals surface area contributed by atoms with Crippen LogP contribution in [0.15, 0.2) is 66.7 Å². The molecule has 34 heavy (non-hydrogen) atoms. The van der Waals surface area contributed by atoms with Crippen LogP contribution in [0.3, 0.4) is 0 Å². The molecule has 0 aliphatic rings. The van der Waals surface area contributed by atoms with Gasteiger partial charge in [0.15, 0.2) is 0 Å². The monoisotopic (exact) mass is 456 g/mol. The Morgan fingerprint density at radius 2 is 1.82 bits per heavy atom. The highest BCUT2D eigenvalue weighted by Crippen LogP contribution is 2.32. The van der Waals surface area contributed by atoms with E-state index in [-0.39, 0.29) is 12.5 Å². The van der Waals surface area contributed by atoms with Crippen molar-refractivity contribution in [2.45, 2.75) is 6.04 Å². The zero-order valence-corrected chi connectivity index (χ0v) is 19.4. The van der Waals surface area contributed by atoms with E-state index in [0.717, 1.165) is 27.9 Å². The first-order valence-electron chi connectivity index (χ1n) is 11.0. The van der Waals surface area contributed by atoms with Crippen LogP contribution < -0.4 is 15.0 Å². The van der Waals surface area contributed by atoms with Crippen LogP contribution in [0.25, 0.3) is 23.1 Å². The maximum Gasteiger partial charge on any atom is 0.255 e. The molecule has 1 atom stereocenters. The second-order valence-corrected chi connectivity index (χ2v) is 8.12. The average Bonchev–Trinajstić information content (AvgIpc) is 3.29. The number of ether oxygens (including phenoxy) is 1. The molecule has 0 unspecified atom stereocenters. The fourth-order valence-electron chi connectivity index (χ4n) is 3.83. The number of aromatic amines is 1. The number of aromatic nitrogens is 2. The van der Waals surface area contributed by atoms with Crippen molar-refractivity contribution in [3.8, 4) is 5.75 Å². The van der Waals surface area contributed by atoms with Gasteiger partial charge in [-0.2, -0.15) is 5.10 Å². The summed E-state index contributed by atoms with van der Waals surface area (Å²) in [6, 6.07) is 20.5. The van der Waals surface area contributed by atoms with Crippen LogP contribution in [0.1, 0.15) is 33.2 Å². The number of aliphatic hydroxyl groups is 1. The average molecular weight is 457 g/mol. The molecule has 3 N–H and O–H groups in total. The van der Waals surface area contributed by atoms with E-state index in [4.69, 9.17) is 4.74 Å². The Morgan fingerprint density at radius 3 is 2.47 bits per heavy atom. The number of nitrogens with zero attached hydrogens (tertiary/aromatic N) is 2. The third-order valence-corrected chi connectivity index (χ3v) is 5.69. The van der Waals surface area contributed by atoms with E-state index in [1.807, 2.05) is 73.6 Å². The van der Waals surface area contributed by atoms with Crippen LogP contribution in [-0.2, 0) is 0 Å². The van der Waals surface area contributed by atoms with Gasteiger partial charge >= 0.3 is 0 Å². The summed E-state index contributed by atoms with van der Waals surface area (Å²) >= 11 is 0. The summed E-state index contributed by atoms with van der Waals surface area (Å²) in [6.45, 7) is -0.216. The number of benzene rings is 3. The van der Waals surface area contributed by atoms with Crippen LogP contribution in [-0.4, -0.2) is 49.0 Å². The van der Waals surface area contributed by atoms with E-state index in [9.17, 15) is 9.90 Å². The number of H-pyrrole nitrogens is 1. The predicted molar refractivity (Wildman–Crippen MR) is 136 cm³/mol. The van der Waals surface area contributed by atoms with Gasteiger partial charge in [0, 0.05) is 19.8 Å². The highest BCUT2D eigenvalue weighted by molar-refractivity contribution is 6.05. The summed E-state index contributed by atoms with van der Waals surface area (Å²) in [5.41, 5.74) is 4.78. The molecule has 1 amide bonds. The van der Waals surface area contributed by atoms with Crippen molar-refractivity contribution in [2.24, 2.45) is 0 Å². The maximum absolute atomic E-state index is 13.2. The molecule has 7 nitrogen and oxygen atoms in total. The molecule has 0 fully saturated rings. The van der Waals surface area contributed by atoms with Gasteiger partial charge in [-0.3, -0.25) is 9.89 Å². The molecule has 1 aromatic heterocycles. The van der Waals surface area contributed by atoms with Gasteiger partial charge in [-0.15, -0.1) is 0 Å². The number of carbonyl (C=O) groups is 1. The Kier molecular flexibility index (Phi) is 6.94. The topological polar surface area (TPSA) is 90.5 Å². The molecule has 4 rings (SSSR count). The first kappa shape index (κ1) is 23.1. The summed E-state index contributed by atoms with van der Waals surface area (Å²) < 4.78 is 5.67. The van der Waals surface area contributed by atoms with Gasteiger partial charge in [-0.25, -0.2) is 0 Å². The van der Waals surface area contributed by atoms with E-state index < -0.39 is 6.04 Å². The minimum Gasteiger partial charge on any atom is -0.495 e. The Balaban J connectivity index is 1.64. The molecule has 0 saturated heterocycles. The lowest BCUT2D eigenvalue weighted by Crippen LogP contribution is -2.31. The SMILES string of the molecule is COc1c(C(=O)N[C@H](CO)c2ccccc2)ccc2n[nH]c(C=Cc3ccc(N(C)C)cc3)c12. The Morgan fingerprint density at radius 1 is 1.09 bits per heavy atom. The van der Waals surface area contributed by atoms with Crippen LogP contribution >= 0.6 is 0 Å². The number of hydrogen-bond acceptors (Lipinski definition) is 5. The van der Waals surface area contributed by atoms with Gasteiger partial charge in [0.25, 0.3) is 5.91 Å². The minimum absolute atomic E-state index is 0.216. The van der Waals surface area contributed by atoms with Crippen molar-refractivity contribution >= 4 is 34.6 Å². The number of carbonyl (C=O) groups excluding carboxylic acids is 1. The molecule has 0 saturated carbocycles. The number of methoxy groups -OCH3 is 1. The fourth-order valence-corrected chi connectivity index (χ4v) is 3.83. The number of fused-ring (bicyclic) bond motifs is 1. The van der Waals surface area contributed by atoms with Crippen molar-refractivity contribution in [2.75, 3.05) is 32.7 Å². The minimum atomic E-state index is -0.525. The molecule has 0 radical (unpaired) electrons. The van der Waals surface area contributed by atoms with Crippen LogP contribution in [0.5, 0.6) is 5.75 Å². The summed E-state index contributed by atoms with van der Waals surface area (Å²) in [5.74, 6) is 0.0909. The van der Waals surface area contributed by atoms with E-state index in [1.165, 1.54) is 7.11 Å². The molecule has 4 aromatic rings. The number of rotatable bonds is 8. The Labute approximate surface area is 198 Å². The molecule has 0 spiro atoms. The molecule has 7 heteroatoms. The first-order valence-corrected chi connectivity index (χ1v) is 11.0. The van der Waals surface area contributed by atoms with E-state index in [1.54, 1.807) is 12.1 Å². The largest absolute Gasteiger partial charge is 0.495 e. The standard InChI is InChI=1S/C27H28N4O3/c1-31(2)20-12-9-18(10-13-20)11-15-22-25-23(30-29-22)16-14-21(26(25)34-3)27(33)28-24(17-32)19-7-5-4-6-8-19/h4-16,24,32H,17H2,1-3H3,(H,28,33)(H,29,30)/t24-/m1/s1. The second-order valence-electron chi connectivity index (χ2n) is 8.12. The molecule has 0 bridgehead atoms. The first-order chi connectivity index (χ1) is 16.5. The molecule has 0 aliphatic heterocycles. The quantitative estimate of drug-likeness (QED) is 0.368. The summed E-state index contributed by atoms with van der Waals surface area (Å²) in [5, 5.41) is 20.9. The van der Waals surface area contributed by atoms with Crippen molar-refractivity contribution in [3.63, 3.8) is 0 Å². The normalized spacial score (nSPS) is 12.1. The van der Waals surface area contributed by atoms with Gasteiger partial charge in [-0.1, -0.05) is 48.5 Å². The fraction of sp³-hybridized carbons (Fsp3) is 0.185. The predicted octanol–water partition coefficient (Wildman–Crippen LogP) is 4.27. The molecular formula is C27H28N4O3. The molecule has 174 valence electrons. The zero-order valence-electron chi connectivity index (χ0n) is 19.4. The van der Waals surface area contributed by atoms with Gasteiger partial charge in [0.05, 0.1) is 41.9 Å². The van der Waals surface area contributed by atoms with Crippen LogP contribution in [0.4, 0.5) is 5.69 Å². The Hall–Kier alpha value is -4.10. The third-order valence-electron chi connectivity index (χ3n) is 5.69. The molecular weight excluding hydrogens is 428 g/mol. The lowest BCUT2D eigenvalue weighted by molar-refractivity contribution is 0.0913. The summed E-state index contributed by atoms with van der Waals surface area (Å²) in [4.78, 5) is 15.2. The highest BCUT2D eigenvalue weighted by atomic mass is 16.5. The van der Waals surface area contributed by atoms with Crippen LogP contribution in [0.2, 0.25) is 0 Å². The van der Waals surface area contributed by atoms with Crippen molar-refractivity contribution in [1.82, 2.24) is 15.5 Å². The zero-order chi connectivity index (χ0) is 24.1. The second kappa shape index (κ2) is 10.2. The number of amides is 1. The summed E-state index contributed by atoms with van der Waals surface area (Å²) in [6.07, 6.45) is 3.90. The number of nitrogens with one attached hydrogen (secondary N) is 2. The molecule has 1 heterocycles. The third kappa shape index (κ3) is 4.79. The highest BCUT2D eigenvalue weighted by Gasteiger charge is 2.21. The van der Waals surface area contributed by atoms with Gasteiger partial charge < -0.3 is 20.1 Å². The van der Waals surface area contributed by atoms with Crippen molar-refractivity contribution < 1.29 is 14.6 Å². The maximum atomic E-state index is 13.2. The van der Waals surface area contributed by atoms with Crippen molar-refractivity contribution in [3.05, 3.63) is 89.1 Å². The lowest BCUT2D eigenvalue weighted by Gasteiger charge is -2.18. The number of hydrogen-bond donors (Lipinski definition) is 3.